The molecule has 8 aromatic rings. The van der Waals surface area contributed by atoms with E-state index in [0.29, 0.717) is 58.7 Å². The summed E-state index contributed by atoms with van der Waals surface area (Å²) in [6, 6.07) is 32.9. The van der Waals surface area contributed by atoms with Crippen molar-refractivity contribution < 1.29 is 153 Å². The molecule has 3 aliphatic heterocycles. The summed E-state index contributed by atoms with van der Waals surface area (Å²) in [6.45, 7) is 8.42. The van der Waals surface area contributed by atoms with E-state index in [4.69, 9.17) is 66.8 Å². The Hall–Kier alpha value is -15.5. The maximum Gasteiger partial charge on any atom is 0.349 e. The van der Waals surface area contributed by atoms with E-state index in [0.717, 1.165) is 29.4 Å². The van der Waals surface area contributed by atoms with Crippen LogP contribution in [0.1, 0.15) is 182 Å². The Morgan fingerprint density at radius 2 is 0.802 bits per heavy atom. The van der Waals surface area contributed by atoms with Gasteiger partial charge in [0, 0.05) is 56.8 Å². The van der Waals surface area contributed by atoms with Gasteiger partial charge < -0.3 is 92.2 Å². The molecule has 5 amide bonds. The summed E-state index contributed by atoms with van der Waals surface area (Å²) in [6.07, 6.45) is 2.20. The minimum Gasteiger partial charge on any atom is -0.493 e. The normalized spacial score (nSPS) is 12.3. The van der Waals surface area contributed by atoms with Crippen molar-refractivity contribution in [1.29, 1.82) is 0 Å². The predicted molar refractivity (Wildman–Crippen MR) is 426 cm³/mol. The van der Waals surface area contributed by atoms with Crippen LogP contribution in [0.4, 0.5) is 34.1 Å². The smallest absolute Gasteiger partial charge is 0.349 e. The number of carboxylic acids is 6. The molecule has 0 aromatic heterocycles. The lowest BCUT2D eigenvalue weighted by Gasteiger charge is -2.27. The third-order valence-electron chi connectivity index (χ3n) is 16.0. The predicted octanol–water partition coefficient (Wildman–Crippen LogP) is 7.81. The van der Waals surface area contributed by atoms with Crippen LogP contribution in [0, 0.1) is 10.1 Å². The molecule has 0 bridgehead atoms. The van der Waals surface area contributed by atoms with Gasteiger partial charge in [0.1, 0.15) is 19.7 Å². The molecule has 11 rings (SSSR count). The Morgan fingerprint density at radius 1 is 0.455 bits per heavy atom. The van der Waals surface area contributed by atoms with Crippen LogP contribution in [0.15, 0.2) is 146 Å². The van der Waals surface area contributed by atoms with Crippen molar-refractivity contribution in [2.24, 2.45) is 5.73 Å². The number of ether oxygens (including phenoxy) is 6. The number of nitrogens with two attached hydrogens (primary N) is 3. The monoisotopic (exact) mass is 1720 g/mol. The van der Waals surface area contributed by atoms with Gasteiger partial charge in [-0.2, -0.15) is 0 Å². The van der Waals surface area contributed by atoms with Crippen LogP contribution in [0.3, 0.4) is 0 Å². The van der Waals surface area contributed by atoms with Gasteiger partial charge in [-0.3, -0.25) is 39.0 Å². The Kier molecular flexibility index (Phi) is 33.6. The number of carbonyl (C=O) groups is 15. The first-order valence-corrected chi connectivity index (χ1v) is 38.6. The number of cyclic esters (lactones) is 4. The zero-order valence-electron chi connectivity index (χ0n) is 65.0. The van der Waals surface area contributed by atoms with Gasteiger partial charge in [0.05, 0.1) is 128 Å². The second kappa shape index (κ2) is 42.4. The third kappa shape index (κ3) is 25.7. The molecule has 3 heterocycles. The molecular weight excluding hydrogens is 1640 g/mol. The number of nitrogens with one attached hydrogen (secondary N) is 3. The van der Waals surface area contributed by atoms with Crippen LogP contribution in [-0.2, 0) is 43.5 Å². The number of sulfone groups is 2. The lowest BCUT2D eigenvalue weighted by Crippen LogP contribution is -2.37. The first-order chi connectivity index (χ1) is 56.6. The molecule has 0 fully saturated rings. The molecule has 2 atom stereocenters. The topological polar surface area (TPSA) is 662 Å². The largest absolute Gasteiger partial charge is 0.493 e. The number of nitrogen functional groups attached to an aromatic ring is 2. The molecular formula is C78H76N8O33S2. The Bertz CT molecular complexity index is 5540. The average Bonchev–Trinajstić information content (AvgIpc) is 1.59. The lowest BCUT2D eigenvalue weighted by atomic mass is 10.1. The van der Waals surface area contributed by atoms with Gasteiger partial charge in [0.25, 0.3) is 17.5 Å². The number of nitro benzene ring substituents is 1. The van der Waals surface area contributed by atoms with E-state index in [1.165, 1.54) is 94.8 Å². The Labute approximate surface area is 685 Å². The molecule has 0 unspecified atom stereocenters. The highest BCUT2D eigenvalue weighted by Gasteiger charge is 2.44. The van der Waals surface area contributed by atoms with E-state index in [2.05, 4.69) is 25.4 Å². The number of rotatable bonds is 23. The quantitative estimate of drug-likeness (QED) is 0.00725. The molecule has 0 saturated carbocycles. The molecule has 638 valence electrons. The standard InChI is InChI=1S/C22H24N2O7S.C12H19NO4S.2C10H7NO4.C8H5NO6.2C8H7NO4/c1-5-31-19-11-14(9-10-18(19)30-3)17(12-32(4,28)29)24-21(26)15-7-6-8-16(23-13(2)25)20(15)22(24)27;1-4-17-12-7-9(5-6-11(12)16-2)10(13)8-18(3,14)15;2*1-5(12)11-7-4-2-3-6-8(7)10(14)15-9(6)13;10-7(11)4-2-1-3-5(9(14)15)6(4)8(12)13;2*9-5-3-1-2-4(7(10)11)6(5)8(12)13/h6-11,17H,5,12H2,1-4H3,(H,23,25);5-7,10H,4,8,13H2,1-3H3;2*2-4H,1H3,(H,11,12);1-3H,(H,10,11)(H,12,13);2*1-3H,9H2,(H,10,11)(H,12,13)/t17-;10-;;;;;/m11...../s1. The summed E-state index contributed by atoms with van der Waals surface area (Å²) in [4.78, 5) is 179. The van der Waals surface area contributed by atoms with Crippen molar-refractivity contribution in [3.8, 4) is 23.0 Å². The molecule has 0 spiro atoms. The van der Waals surface area contributed by atoms with Crippen molar-refractivity contribution in [2.45, 2.75) is 46.7 Å². The van der Waals surface area contributed by atoms with Gasteiger partial charge in [0.15, 0.2) is 28.6 Å². The van der Waals surface area contributed by atoms with Crippen LogP contribution in [-0.4, -0.2) is 198 Å². The molecule has 41 nitrogen and oxygen atoms in total. The van der Waals surface area contributed by atoms with E-state index < -0.39 is 137 Å². The number of imide groups is 1. The van der Waals surface area contributed by atoms with Gasteiger partial charge in [-0.1, -0.05) is 48.5 Å². The molecule has 8 aromatic carbocycles. The van der Waals surface area contributed by atoms with E-state index in [1.807, 2.05) is 6.92 Å². The van der Waals surface area contributed by atoms with Crippen LogP contribution in [0.25, 0.3) is 0 Å². The molecule has 121 heavy (non-hydrogen) atoms. The summed E-state index contributed by atoms with van der Waals surface area (Å²) < 4.78 is 77.2. The van der Waals surface area contributed by atoms with Gasteiger partial charge in [0.2, 0.25) is 17.7 Å². The number of nitrogens with zero attached hydrogens (tertiary/aromatic N) is 2. The highest BCUT2D eigenvalue weighted by Crippen LogP contribution is 2.40. The molecule has 43 heteroatoms. The lowest BCUT2D eigenvalue weighted by molar-refractivity contribution is -0.385. The van der Waals surface area contributed by atoms with Gasteiger partial charge in [-0.15, -0.1) is 0 Å². The van der Waals surface area contributed by atoms with Gasteiger partial charge >= 0.3 is 59.7 Å². The highest BCUT2D eigenvalue weighted by atomic mass is 32.2. The number of aromatic carboxylic acids is 6. The van der Waals surface area contributed by atoms with Gasteiger partial charge in [-0.05, 0) is 116 Å². The molecule has 0 saturated heterocycles. The fraction of sp³-hybridized carbons (Fsp3) is 0.192. The Balaban J connectivity index is 0.000000259. The van der Waals surface area contributed by atoms with Crippen LogP contribution in [0.5, 0.6) is 23.0 Å². The summed E-state index contributed by atoms with van der Waals surface area (Å²) in [5.41, 5.74) is 15.6. The number of amides is 5. The number of carbonyl (C=O) groups excluding carboxylic acids is 9. The molecule has 3 aliphatic rings. The van der Waals surface area contributed by atoms with E-state index in [9.17, 15) is 98.9 Å². The second-order valence-corrected chi connectivity index (χ2v) is 29.3. The number of fused-ring (bicyclic) bond motifs is 3. The van der Waals surface area contributed by atoms with Crippen molar-refractivity contribution in [3.63, 3.8) is 0 Å². The minimum absolute atomic E-state index is 0.0322. The molecule has 15 N–H and O–H groups in total. The zero-order valence-corrected chi connectivity index (χ0v) is 66.6. The number of hydrogen-bond donors (Lipinski definition) is 12. The fourth-order valence-corrected chi connectivity index (χ4v) is 13.0. The summed E-state index contributed by atoms with van der Waals surface area (Å²) in [5, 5.41) is 69.8. The number of nitro groups is 1. The van der Waals surface area contributed by atoms with Gasteiger partial charge in [-0.25, -0.2) is 64.8 Å². The third-order valence-corrected chi connectivity index (χ3v) is 17.9. The number of benzene rings is 8. The van der Waals surface area contributed by atoms with Crippen molar-refractivity contribution >= 4 is 143 Å². The maximum absolute atomic E-state index is 13.3. The average molecular weight is 1720 g/mol. The fourth-order valence-electron chi connectivity index (χ4n) is 11.2. The van der Waals surface area contributed by atoms with E-state index in [-0.39, 0.29) is 90.3 Å². The summed E-state index contributed by atoms with van der Waals surface area (Å²) >= 11 is 0. The first kappa shape index (κ1) is 96.1. The van der Waals surface area contributed by atoms with Crippen LogP contribution < -0.4 is 52.1 Å². The van der Waals surface area contributed by atoms with Crippen LogP contribution >= 0.6 is 0 Å². The van der Waals surface area contributed by atoms with E-state index in [1.54, 1.807) is 80.8 Å². The van der Waals surface area contributed by atoms with Crippen molar-refractivity contribution in [3.05, 3.63) is 234 Å². The van der Waals surface area contributed by atoms with Crippen LogP contribution in [0.2, 0.25) is 0 Å². The van der Waals surface area contributed by atoms with Crippen molar-refractivity contribution in [2.75, 3.05) is 78.9 Å². The minimum atomic E-state index is -3.60. The Morgan fingerprint density at radius 3 is 1.14 bits per heavy atom. The highest BCUT2D eigenvalue weighted by molar-refractivity contribution is 7.91. The van der Waals surface area contributed by atoms with Crippen molar-refractivity contribution in [1.82, 2.24) is 4.90 Å². The summed E-state index contributed by atoms with van der Waals surface area (Å²) in [7, 11) is -3.69. The number of methoxy groups -OCH3 is 2. The molecule has 0 aliphatic carbocycles. The van der Waals surface area contributed by atoms with E-state index >= 15 is 0 Å². The summed E-state index contributed by atoms with van der Waals surface area (Å²) in [5.74, 6) is -12.2. The number of hydrogen-bond acceptors (Lipinski definition) is 30. The molecule has 0 radical (unpaired) electrons. The zero-order chi connectivity index (χ0) is 91.0. The first-order valence-electron chi connectivity index (χ1n) is 34.4. The number of esters is 4. The second-order valence-electron chi connectivity index (χ2n) is 24.9. The number of carboxylic acid groups (broad SMARTS) is 6. The number of anilines is 5. The maximum atomic E-state index is 13.3. The SMILES string of the molecule is CC(=O)Nc1cccc2c1C(=O)OC2=O.CC(=O)Nc1cccc2c1C(=O)OC2=O.CCOc1cc([C@@H](CS(C)(=O)=O)N2C(=O)c3cccc(NC(C)=O)c3C2=O)ccc1OC.CCOc1cc([C@H](N)CS(C)(=O)=O)ccc1OC.Nc1cccc(C(=O)O)c1C(=O)O.Nc1cccc(C(=O)O)c1C(=O)O.O=C(O)c1cccc([N+](=O)[O-])c1C(=O)O.